The maximum Gasteiger partial charge on any atom is 0.123 e. The van der Waals surface area contributed by atoms with E-state index in [1.54, 1.807) is 13.3 Å². The highest BCUT2D eigenvalue weighted by Crippen LogP contribution is 2.18. The summed E-state index contributed by atoms with van der Waals surface area (Å²) in [7, 11) is 1.69. The molecule has 4 heteroatoms. The van der Waals surface area contributed by atoms with E-state index in [0.717, 1.165) is 23.6 Å². The van der Waals surface area contributed by atoms with Gasteiger partial charge in [-0.1, -0.05) is 18.2 Å². The van der Waals surface area contributed by atoms with Gasteiger partial charge in [-0.05, 0) is 19.1 Å². The van der Waals surface area contributed by atoms with Crippen LogP contribution in [0.5, 0.6) is 5.75 Å². The number of H-pyrrole nitrogens is 1. The van der Waals surface area contributed by atoms with Gasteiger partial charge in [0.25, 0.3) is 0 Å². The molecule has 17 heavy (non-hydrogen) atoms. The molecule has 2 rings (SSSR count). The van der Waals surface area contributed by atoms with Crippen molar-refractivity contribution in [1.82, 2.24) is 15.5 Å². The van der Waals surface area contributed by atoms with Gasteiger partial charge in [-0.15, -0.1) is 0 Å². The molecule has 1 aromatic heterocycles. The lowest BCUT2D eigenvalue weighted by molar-refractivity contribution is 0.406. The number of nitrogens with zero attached hydrogens (tertiary/aromatic N) is 1. The third-order valence-corrected chi connectivity index (χ3v) is 2.78. The second-order valence-electron chi connectivity index (χ2n) is 3.93. The summed E-state index contributed by atoms with van der Waals surface area (Å²) in [5.74, 6) is 0.914. The smallest absolute Gasteiger partial charge is 0.123 e. The van der Waals surface area contributed by atoms with Crippen molar-refractivity contribution in [2.45, 2.75) is 19.5 Å². The fourth-order valence-electron chi connectivity index (χ4n) is 1.73. The predicted octanol–water partition coefficient (Wildman–Crippen LogP) is 2.27. The van der Waals surface area contributed by atoms with Crippen LogP contribution in [0.15, 0.2) is 36.5 Å². The van der Waals surface area contributed by atoms with E-state index < -0.39 is 0 Å². The van der Waals surface area contributed by atoms with E-state index in [4.69, 9.17) is 4.74 Å². The molecule has 0 saturated heterocycles. The van der Waals surface area contributed by atoms with E-state index in [2.05, 4.69) is 28.5 Å². The molecule has 1 atom stereocenters. The van der Waals surface area contributed by atoms with Crippen molar-refractivity contribution in [1.29, 1.82) is 0 Å². The molecule has 0 aliphatic heterocycles. The van der Waals surface area contributed by atoms with Crippen molar-refractivity contribution in [2.24, 2.45) is 0 Å². The van der Waals surface area contributed by atoms with Gasteiger partial charge in [-0.3, -0.25) is 5.10 Å². The number of methoxy groups -OCH3 is 1. The standard InChI is InChI=1S/C13H17N3O/c1-10(12-7-8-15-16-12)14-9-11-5-3-4-6-13(11)17-2/h3-8,10,14H,9H2,1-2H3,(H,15,16). The maximum absolute atomic E-state index is 5.31. The Kier molecular flexibility index (Phi) is 3.77. The van der Waals surface area contributed by atoms with E-state index in [-0.39, 0.29) is 6.04 Å². The van der Waals surface area contributed by atoms with E-state index in [0.29, 0.717) is 0 Å². The molecule has 0 amide bonds. The first-order valence-electron chi connectivity index (χ1n) is 5.66. The number of hydrogen-bond acceptors (Lipinski definition) is 3. The summed E-state index contributed by atoms with van der Waals surface area (Å²) in [5, 5.41) is 10.3. The maximum atomic E-state index is 5.31. The molecule has 90 valence electrons. The molecular weight excluding hydrogens is 214 g/mol. The van der Waals surface area contributed by atoms with Crippen LogP contribution in [0.1, 0.15) is 24.2 Å². The first kappa shape index (κ1) is 11.7. The molecule has 1 aromatic carbocycles. The van der Waals surface area contributed by atoms with Gasteiger partial charge >= 0.3 is 0 Å². The Balaban J connectivity index is 1.98. The van der Waals surface area contributed by atoms with Gasteiger partial charge in [0.1, 0.15) is 5.75 Å². The summed E-state index contributed by atoms with van der Waals surface area (Å²) in [5.41, 5.74) is 2.24. The first-order valence-corrected chi connectivity index (χ1v) is 5.66. The molecule has 2 N–H and O–H groups in total. The van der Waals surface area contributed by atoms with Crippen LogP contribution in [0.25, 0.3) is 0 Å². The number of ether oxygens (including phenoxy) is 1. The number of aromatic nitrogens is 2. The van der Waals surface area contributed by atoms with Crippen molar-refractivity contribution in [2.75, 3.05) is 7.11 Å². The molecule has 1 unspecified atom stereocenters. The SMILES string of the molecule is COc1ccccc1CNC(C)c1ccn[nH]1. The zero-order chi connectivity index (χ0) is 12.1. The molecule has 0 aliphatic carbocycles. The van der Waals surface area contributed by atoms with Crippen LogP contribution in [-0.2, 0) is 6.54 Å². The molecule has 0 fully saturated rings. The summed E-state index contributed by atoms with van der Waals surface area (Å²) in [4.78, 5) is 0. The number of para-hydroxylation sites is 1. The largest absolute Gasteiger partial charge is 0.496 e. The minimum atomic E-state index is 0.238. The summed E-state index contributed by atoms with van der Waals surface area (Å²) < 4.78 is 5.31. The zero-order valence-corrected chi connectivity index (χ0v) is 10.1. The van der Waals surface area contributed by atoms with E-state index in [1.165, 1.54) is 0 Å². The van der Waals surface area contributed by atoms with Crippen molar-refractivity contribution in [3.8, 4) is 5.75 Å². The highest BCUT2D eigenvalue weighted by Gasteiger charge is 2.07. The summed E-state index contributed by atoms with van der Waals surface area (Å²) >= 11 is 0. The van der Waals surface area contributed by atoms with E-state index >= 15 is 0 Å². The second kappa shape index (κ2) is 5.50. The average Bonchev–Trinajstić information content (AvgIpc) is 2.90. The van der Waals surface area contributed by atoms with Crippen LogP contribution in [0.4, 0.5) is 0 Å². The minimum Gasteiger partial charge on any atom is -0.496 e. The molecule has 0 bridgehead atoms. The third kappa shape index (κ3) is 2.85. The summed E-state index contributed by atoms with van der Waals surface area (Å²) in [6.45, 7) is 2.87. The number of aromatic amines is 1. The lowest BCUT2D eigenvalue weighted by atomic mass is 10.1. The second-order valence-corrected chi connectivity index (χ2v) is 3.93. The van der Waals surface area contributed by atoms with Gasteiger partial charge in [0.05, 0.1) is 12.8 Å². The zero-order valence-electron chi connectivity index (χ0n) is 10.1. The molecule has 0 aliphatic rings. The molecule has 4 nitrogen and oxygen atoms in total. The summed E-state index contributed by atoms with van der Waals surface area (Å²) in [6, 6.07) is 10.2. The number of hydrogen-bond donors (Lipinski definition) is 2. The fraction of sp³-hybridized carbons (Fsp3) is 0.308. The lowest BCUT2D eigenvalue weighted by Gasteiger charge is -2.13. The van der Waals surface area contributed by atoms with Crippen LogP contribution in [-0.4, -0.2) is 17.3 Å². The Bertz CT molecular complexity index is 453. The minimum absolute atomic E-state index is 0.238. The third-order valence-electron chi connectivity index (χ3n) is 2.78. The van der Waals surface area contributed by atoms with Gasteiger partial charge in [-0.25, -0.2) is 0 Å². The van der Waals surface area contributed by atoms with E-state index in [9.17, 15) is 0 Å². The Labute approximate surface area is 101 Å². The molecule has 0 radical (unpaired) electrons. The Morgan fingerprint density at radius 2 is 2.18 bits per heavy atom. The van der Waals surface area contributed by atoms with Crippen molar-refractivity contribution < 1.29 is 4.74 Å². The molecule has 2 aromatic rings. The molecular formula is C13H17N3O. The van der Waals surface area contributed by atoms with Gasteiger partial charge in [0.2, 0.25) is 0 Å². The Morgan fingerprint density at radius 3 is 2.88 bits per heavy atom. The van der Waals surface area contributed by atoms with Crippen LogP contribution in [0.2, 0.25) is 0 Å². The van der Waals surface area contributed by atoms with Crippen LogP contribution in [0, 0.1) is 0 Å². The van der Waals surface area contributed by atoms with Crippen molar-refractivity contribution in [3.63, 3.8) is 0 Å². The Hall–Kier alpha value is -1.81. The number of benzene rings is 1. The molecule has 1 heterocycles. The summed E-state index contributed by atoms with van der Waals surface area (Å²) in [6.07, 6.45) is 1.76. The molecule has 0 spiro atoms. The van der Waals surface area contributed by atoms with Gasteiger partial charge in [0.15, 0.2) is 0 Å². The predicted molar refractivity (Wildman–Crippen MR) is 66.8 cm³/mol. The van der Waals surface area contributed by atoms with Crippen LogP contribution in [0.3, 0.4) is 0 Å². The quantitative estimate of drug-likeness (QED) is 0.830. The van der Waals surface area contributed by atoms with Crippen molar-refractivity contribution in [3.05, 3.63) is 47.8 Å². The fourth-order valence-corrected chi connectivity index (χ4v) is 1.73. The topological polar surface area (TPSA) is 49.9 Å². The van der Waals surface area contributed by atoms with E-state index in [1.807, 2.05) is 24.3 Å². The normalized spacial score (nSPS) is 12.4. The van der Waals surface area contributed by atoms with Crippen molar-refractivity contribution >= 4 is 0 Å². The highest BCUT2D eigenvalue weighted by atomic mass is 16.5. The Morgan fingerprint density at radius 1 is 1.35 bits per heavy atom. The van der Waals surface area contributed by atoms with Gasteiger partial charge in [0, 0.05) is 24.3 Å². The van der Waals surface area contributed by atoms with Crippen LogP contribution >= 0.6 is 0 Å². The number of nitrogens with one attached hydrogen (secondary N) is 2. The molecule has 0 saturated carbocycles. The lowest BCUT2D eigenvalue weighted by Crippen LogP contribution is -2.18. The average molecular weight is 231 g/mol. The van der Waals surface area contributed by atoms with Gasteiger partial charge < -0.3 is 10.1 Å². The monoisotopic (exact) mass is 231 g/mol. The van der Waals surface area contributed by atoms with Gasteiger partial charge in [-0.2, -0.15) is 5.10 Å². The number of rotatable bonds is 5. The first-order chi connectivity index (χ1) is 8.31. The highest BCUT2D eigenvalue weighted by molar-refractivity contribution is 5.33. The van der Waals surface area contributed by atoms with Crippen LogP contribution < -0.4 is 10.1 Å².